The van der Waals surface area contributed by atoms with Gasteiger partial charge >= 0.3 is 0 Å². The van der Waals surface area contributed by atoms with Crippen LogP contribution in [0.15, 0.2) is 0 Å². The monoisotopic (exact) mass is 159 g/mol. The summed E-state index contributed by atoms with van der Waals surface area (Å²) in [4.78, 5) is 10.8. The summed E-state index contributed by atoms with van der Waals surface area (Å²) >= 11 is 0. The zero-order valence-electron chi connectivity index (χ0n) is 7.52. The molecule has 0 aliphatic rings. The summed E-state index contributed by atoms with van der Waals surface area (Å²) in [5, 5.41) is 2.85. The second-order valence-electron chi connectivity index (χ2n) is 2.60. The molecule has 0 rings (SSSR count). The van der Waals surface area contributed by atoms with Gasteiger partial charge in [-0.1, -0.05) is 6.92 Å². The van der Waals surface area contributed by atoms with E-state index in [1.165, 1.54) is 0 Å². The Morgan fingerprint density at radius 3 is 2.73 bits per heavy atom. The van der Waals surface area contributed by atoms with Crippen molar-refractivity contribution >= 4 is 5.91 Å². The van der Waals surface area contributed by atoms with Crippen LogP contribution in [-0.4, -0.2) is 25.7 Å². The van der Waals surface area contributed by atoms with E-state index in [0.29, 0.717) is 13.0 Å². The van der Waals surface area contributed by atoms with Crippen molar-refractivity contribution in [1.29, 1.82) is 0 Å². The Balaban J connectivity index is 3.35. The molecule has 0 aliphatic heterocycles. The first kappa shape index (κ1) is 10.4. The van der Waals surface area contributed by atoms with Crippen LogP contribution in [-0.2, 0) is 9.53 Å². The second-order valence-corrected chi connectivity index (χ2v) is 2.60. The molecule has 0 aromatic rings. The lowest BCUT2D eigenvalue weighted by atomic mass is 10.2. The number of hydrogen-bond donors (Lipinski definition) is 1. The first-order valence-electron chi connectivity index (χ1n) is 3.99. The Hall–Kier alpha value is -0.570. The van der Waals surface area contributed by atoms with Crippen molar-refractivity contribution in [1.82, 2.24) is 5.32 Å². The first-order valence-corrected chi connectivity index (χ1v) is 3.99. The van der Waals surface area contributed by atoms with Crippen LogP contribution in [0.5, 0.6) is 0 Å². The molecule has 0 saturated heterocycles. The second kappa shape index (κ2) is 6.16. The minimum atomic E-state index is 0.105. The number of nitrogens with one attached hydrogen (secondary N) is 1. The molecule has 3 heteroatoms. The summed E-state index contributed by atoms with van der Waals surface area (Å²) in [6.07, 6.45) is 1.43. The van der Waals surface area contributed by atoms with Gasteiger partial charge in [-0.25, -0.2) is 0 Å². The normalized spacial score (nSPS) is 12.6. The highest BCUT2D eigenvalue weighted by molar-refractivity contribution is 5.75. The van der Waals surface area contributed by atoms with Crippen molar-refractivity contribution in [2.24, 2.45) is 0 Å². The number of carbonyl (C=O) groups excluding carboxylic acids is 1. The molecule has 0 bridgehead atoms. The molecule has 0 fully saturated rings. The van der Waals surface area contributed by atoms with Gasteiger partial charge in [-0.2, -0.15) is 0 Å². The van der Waals surface area contributed by atoms with E-state index in [1.54, 1.807) is 7.11 Å². The van der Waals surface area contributed by atoms with E-state index in [-0.39, 0.29) is 11.9 Å². The zero-order valence-corrected chi connectivity index (χ0v) is 7.52. The van der Waals surface area contributed by atoms with Crippen LogP contribution in [0.1, 0.15) is 26.7 Å². The molecule has 66 valence electrons. The summed E-state index contributed by atoms with van der Waals surface area (Å²) in [6.45, 7) is 4.52. The summed E-state index contributed by atoms with van der Waals surface area (Å²) in [5.41, 5.74) is 0. The third-order valence-electron chi connectivity index (χ3n) is 1.48. The van der Waals surface area contributed by atoms with E-state index in [9.17, 15) is 4.79 Å². The molecular weight excluding hydrogens is 142 g/mol. The predicted octanol–water partition coefficient (Wildman–Crippen LogP) is 0.938. The fraction of sp³-hybridized carbons (Fsp3) is 0.875. The van der Waals surface area contributed by atoms with Gasteiger partial charge in [-0.3, -0.25) is 4.79 Å². The minimum absolute atomic E-state index is 0.105. The maximum absolute atomic E-state index is 10.8. The molecule has 1 unspecified atom stereocenters. The third-order valence-corrected chi connectivity index (χ3v) is 1.48. The molecule has 0 radical (unpaired) electrons. The van der Waals surface area contributed by atoms with Gasteiger partial charge in [0.05, 0.1) is 0 Å². The van der Waals surface area contributed by atoms with Gasteiger partial charge in [0.15, 0.2) is 0 Å². The van der Waals surface area contributed by atoms with Crippen LogP contribution in [0.3, 0.4) is 0 Å². The predicted molar refractivity (Wildman–Crippen MR) is 44.4 cm³/mol. The molecule has 1 N–H and O–H groups in total. The van der Waals surface area contributed by atoms with Gasteiger partial charge in [-0.15, -0.1) is 0 Å². The molecule has 3 nitrogen and oxygen atoms in total. The van der Waals surface area contributed by atoms with Gasteiger partial charge in [0.1, 0.15) is 0 Å². The number of hydrogen-bond acceptors (Lipinski definition) is 2. The average Bonchev–Trinajstić information content (AvgIpc) is 2.00. The lowest BCUT2D eigenvalue weighted by Gasteiger charge is -2.11. The minimum Gasteiger partial charge on any atom is -0.385 e. The number of carbonyl (C=O) groups is 1. The van der Waals surface area contributed by atoms with E-state index >= 15 is 0 Å². The van der Waals surface area contributed by atoms with Crippen LogP contribution < -0.4 is 5.32 Å². The van der Waals surface area contributed by atoms with Crippen LogP contribution in [0, 0.1) is 0 Å². The average molecular weight is 159 g/mol. The van der Waals surface area contributed by atoms with E-state index in [4.69, 9.17) is 4.74 Å². The fourth-order valence-electron chi connectivity index (χ4n) is 0.744. The molecule has 0 aromatic heterocycles. The van der Waals surface area contributed by atoms with Crippen molar-refractivity contribution in [3.63, 3.8) is 0 Å². The molecule has 0 heterocycles. The van der Waals surface area contributed by atoms with Crippen molar-refractivity contribution in [2.45, 2.75) is 32.7 Å². The maximum atomic E-state index is 10.8. The highest BCUT2D eigenvalue weighted by Gasteiger charge is 2.03. The highest BCUT2D eigenvalue weighted by Crippen LogP contribution is 1.91. The van der Waals surface area contributed by atoms with Crippen molar-refractivity contribution < 1.29 is 9.53 Å². The Morgan fingerprint density at radius 2 is 2.27 bits per heavy atom. The van der Waals surface area contributed by atoms with Crippen molar-refractivity contribution in [2.75, 3.05) is 13.7 Å². The largest absolute Gasteiger partial charge is 0.385 e. The van der Waals surface area contributed by atoms with Crippen LogP contribution in [0.2, 0.25) is 0 Å². The molecule has 0 saturated carbocycles. The van der Waals surface area contributed by atoms with Crippen LogP contribution >= 0.6 is 0 Å². The standard InChI is InChI=1S/C8H17NO2/c1-4-8(10)9-7(2)5-6-11-3/h7H,4-6H2,1-3H3,(H,9,10). The Bertz CT molecular complexity index is 115. The first-order chi connectivity index (χ1) is 5.20. The quantitative estimate of drug-likeness (QED) is 0.648. The summed E-state index contributed by atoms with van der Waals surface area (Å²) in [5.74, 6) is 0.105. The SMILES string of the molecule is CCC(=O)NC(C)CCOC. The Morgan fingerprint density at radius 1 is 1.64 bits per heavy atom. The van der Waals surface area contributed by atoms with Gasteiger partial charge < -0.3 is 10.1 Å². The summed E-state index contributed by atoms with van der Waals surface area (Å²) in [6, 6.07) is 0.224. The molecule has 1 atom stereocenters. The highest BCUT2D eigenvalue weighted by atomic mass is 16.5. The number of rotatable bonds is 5. The van der Waals surface area contributed by atoms with E-state index in [1.807, 2.05) is 13.8 Å². The van der Waals surface area contributed by atoms with Crippen molar-refractivity contribution in [3.8, 4) is 0 Å². The van der Waals surface area contributed by atoms with E-state index in [2.05, 4.69) is 5.32 Å². The Labute approximate surface area is 68.1 Å². The third kappa shape index (κ3) is 5.85. The number of ether oxygens (including phenoxy) is 1. The molecule has 11 heavy (non-hydrogen) atoms. The van der Waals surface area contributed by atoms with E-state index in [0.717, 1.165) is 6.42 Å². The fourth-order valence-corrected chi connectivity index (χ4v) is 0.744. The molecule has 0 aromatic carbocycles. The Kier molecular flexibility index (Phi) is 5.84. The molecule has 0 spiro atoms. The molecule has 0 aliphatic carbocycles. The van der Waals surface area contributed by atoms with Crippen LogP contribution in [0.4, 0.5) is 0 Å². The molecule has 1 amide bonds. The number of amides is 1. The zero-order chi connectivity index (χ0) is 8.69. The summed E-state index contributed by atoms with van der Waals surface area (Å²) < 4.78 is 4.88. The molecular formula is C8H17NO2. The number of methoxy groups -OCH3 is 1. The lowest BCUT2D eigenvalue weighted by Crippen LogP contribution is -2.32. The van der Waals surface area contributed by atoms with Gasteiger partial charge in [-0.05, 0) is 13.3 Å². The van der Waals surface area contributed by atoms with Gasteiger partial charge in [0.2, 0.25) is 5.91 Å². The maximum Gasteiger partial charge on any atom is 0.219 e. The smallest absolute Gasteiger partial charge is 0.219 e. The summed E-state index contributed by atoms with van der Waals surface area (Å²) in [7, 11) is 1.66. The topological polar surface area (TPSA) is 38.3 Å². The lowest BCUT2D eigenvalue weighted by molar-refractivity contribution is -0.121. The van der Waals surface area contributed by atoms with E-state index < -0.39 is 0 Å². The van der Waals surface area contributed by atoms with Crippen LogP contribution in [0.25, 0.3) is 0 Å². The van der Waals surface area contributed by atoms with Gasteiger partial charge in [0, 0.05) is 26.2 Å². The van der Waals surface area contributed by atoms with Gasteiger partial charge in [0.25, 0.3) is 0 Å². The van der Waals surface area contributed by atoms with Crippen molar-refractivity contribution in [3.05, 3.63) is 0 Å².